The van der Waals surface area contributed by atoms with Crippen molar-refractivity contribution in [3.8, 4) is 5.75 Å². The third kappa shape index (κ3) is 3.22. The lowest BCUT2D eigenvalue weighted by Gasteiger charge is -2.12. The summed E-state index contributed by atoms with van der Waals surface area (Å²) in [7, 11) is -0.0485. The van der Waals surface area contributed by atoms with Crippen molar-refractivity contribution in [3.05, 3.63) is 30.0 Å². The largest absolute Gasteiger partial charge is 0.495 e. The molecule has 1 aromatic carbocycles. The monoisotopic (exact) mass is 361 g/mol. The first kappa shape index (κ1) is 17.0. The molecular weight excluding hydrogens is 342 g/mol. The molecule has 0 bridgehead atoms. The van der Waals surface area contributed by atoms with Crippen LogP contribution in [0.25, 0.3) is 11.0 Å². The Hall–Kier alpha value is -2.81. The predicted molar refractivity (Wildman–Crippen MR) is 97.6 cm³/mol. The molecule has 8 nitrogen and oxygen atoms in total. The van der Waals surface area contributed by atoms with Gasteiger partial charge in [0.25, 0.3) is 0 Å². The van der Waals surface area contributed by atoms with Crippen molar-refractivity contribution in [1.82, 2.24) is 15.0 Å². The molecule has 25 heavy (non-hydrogen) atoms. The summed E-state index contributed by atoms with van der Waals surface area (Å²) in [5.74, 6) is 1.45. The summed E-state index contributed by atoms with van der Waals surface area (Å²) in [6, 6.07) is 4.60. The average Bonchev–Trinajstić information content (AvgIpc) is 2.94. The standard InChI is InChI=1S/C16H19N5O3S/c1-9-8-18-15-13(9)14(17-2)20-16(21-15)19-11-6-5-10(25(4,22)23)7-12(11)24-3/h5-8H,1-4H3,(H3,17,18,19,20,21). The Kier molecular flexibility index (Phi) is 4.25. The van der Waals surface area contributed by atoms with Crippen LogP contribution in [0.5, 0.6) is 5.75 Å². The summed E-state index contributed by atoms with van der Waals surface area (Å²) in [5, 5.41) is 7.06. The van der Waals surface area contributed by atoms with Crippen LogP contribution in [0.1, 0.15) is 5.56 Å². The van der Waals surface area contributed by atoms with Crippen molar-refractivity contribution in [2.75, 3.05) is 31.0 Å². The van der Waals surface area contributed by atoms with Gasteiger partial charge in [-0.2, -0.15) is 9.97 Å². The zero-order chi connectivity index (χ0) is 18.2. The second kappa shape index (κ2) is 6.25. The summed E-state index contributed by atoms with van der Waals surface area (Å²) in [5.41, 5.74) is 2.31. The summed E-state index contributed by atoms with van der Waals surface area (Å²) in [6.07, 6.45) is 3.02. The summed E-state index contributed by atoms with van der Waals surface area (Å²) in [4.78, 5) is 12.2. The number of benzene rings is 1. The molecule has 2 heterocycles. The second-order valence-electron chi connectivity index (χ2n) is 5.60. The van der Waals surface area contributed by atoms with Gasteiger partial charge in [0, 0.05) is 25.6 Å². The Morgan fingerprint density at radius 3 is 2.64 bits per heavy atom. The van der Waals surface area contributed by atoms with Crippen LogP contribution in [-0.2, 0) is 9.84 Å². The Morgan fingerprint density at radius 1 is 1.24 bits per heavy atom. The molecule has 0 fully saturated rings. The van der Waals surface area contributed by atoms with Gasteiger partial charge in [0.2, 0.25) is 5.95 Å². The second-order valence-corrected chi connectivity index (χ2v) is 7.62. The number of fused-ring (bicyclic) bond motifs is 1. The van der Waals surface area contributed by atoms with E-state index in [1.165, 1.54) is 19.2 Å². The van der Waals surface area contributed by atoms with E-state index in [-0.39, 0.29) is 4.90 Å². The van der Waals surface area contributed by atoms with Gasteiger partial charge in [-0.05, 0) is 24.6 Å². The fraction of sp³-hybridized carbons (Fsp3) is 0.250. The van der Waals surface area contributed by atoms with Crippen LogP contribution in [0.4, 0.5) is 17.5 Å². The molecule has 0 amide bonds. The Bertz CT molecular complexity index is 1040. The fourth-order valence-electron chi connectivity index (χ4n) is 2.55. The van der Waals surface area contributed by atoms with E-state index in [0.717, 1.165) is 17.2 Å². The van der Waals surface area contributed by atoms with Crippen LogP contribution in [0.15, 0.2) is 29.3 Å². The van der Waals surface area contributed by atoms with Crippen LogP contribution < -0.4 is 15.4 Å². The zero-order valence-corrected chi connectivity index (χ0v) is 15.2. The van der Waals surface area contributed by atoms with E-state index in [2.05, 4.69) is 25.6 Å². The number of rotatable bonds is 5. The number of aromatic amines is 1. The van der Waals surface area contributed by atoms with Crippen molar-refractivity contribution in [3.63, 3.8) is 0 Å². The molecule has 0 aliphatic rings. The third-order valence-corrected chi connectivity index (χ3v) is 4.92. The normalized spacial score (nSPS) is 11.5. The first-order valence-electron chi connectivity index (χ1n) is 7.52. The van der Waals surface area contributed by atoms with Crippen molar-refractivity contribution in [2.45, 2.75) is 11.8 Å². The van der Waals surface area contributed by atoms with E-state index >= 15 is 0 Å². The lowest BCUT2D eigenvalue weighted by atomic mass is 10.2. The molecule has 132 valence electrons. The minimum absolute atomic E-state index is 0.183. The minimum Gasteiger partial charge on any atom is -0.495 e. The molecule has 0 spiro atoms. The van der Waals surface area contributed by atoms with Crippen LogP contribution in [0.2, 0.25) is 0 Å². The highest BCUT2D eigenvalue weighted by Crippen LogP contribution is 2.31. The summed E-state index contributed by atoms with van der Waals surface area (Å²) < 4.78 is 28.7. The van der Waals surface area contributed by atoms with Crippen molar-refractivity contribution in [2.24, 2.45) is 0 Å². The number of nitrogens with one attached hydrogen (secondary N) is 3. The molecule has 0 atom stereocenters. The van der Waals surface area contributed by atoms with Gasteiger partial charge in [0.05, 0.1) is 23.1 Å². The van der Waals surface area contributed by atoms with Crippen molar-refractivity contribution < 1.29 is 13.2 Å². The van der Waals surface area contributed by atoms with Gasteiger partial charge in [-0.25, -0.2) is 8.42 Å². The van der Waals surface area contributed by atoms with Gasteiger partial charge in [-0.15, -0.1) is 0 Å². The van der Waals surface area contributed by atoms with Gasteiger partial charge in [-0.1, -0.05) is 0 Å². The number of ether oxygens (including phenoxy) is 1. The number of aromatic nitrogens is 3. The van der Waals surface area contributed by atoms with E-state index in [1.54, 1.807) is 13.1 Å². The lowest BCUT2D eigenvalue weighted by molar-refractivity contribution is 0.415. The maximum Gasteiger partial charge on any atom is 0.231 e. The molecule has 0 aliphatic carbocycles. The summed E-state index contributed by atoms with van der Waals surface area (Å²) in [6.45, 7) is 1.98. The van der Waals surface area contributed by atoms with Crippen LogP contribution in [0, 0.1) is 6.92 Å². The molecule has 0 aliphatic heterocycles. The number of hydrogen-bond donors (Lipinski definition) is 3. The SMILES string of the molecule is CNc1nc(Nc2ccc(S(C)(=O)=O)cc2OC)nc2[nH]cc(C)c12. The van der Waals surface area contributed by atoms with Crippen LogP contribution in [-0.4, -0.2) is 43.8 Å². The minimum atomic E-state index is -3.32. The predicted octanol–water partition coefficient (Wildman–Crippen LogP) is 2.46. The number of hydrogen-bond acceptors (Lipinski definition) is 7. The maximum atomic E-state index is 11.7. The van der Waals surface area contributed by atoms with Gasteiger partial charge in [-0.3, -0.25) is 0 Å². The number of nitrogens with zero attached hydrogens (tertiary/aromatic N) is 2. The molecule has 3 rings (SSSR count). The Labute approximate surface area is 145 Å². The molecule has 3 N–H and O–H groups in total. The smallest absolute Gasteiger partial charge is 0.231 e. The quantitative estimate of drug-likeness (QED) is 0.640. The van der Waals surface area contributed by atoms with Gasteiger partial charge in [0.15, 0.2) is 9.84 Å². The van der Waals surface area contributed by atoms with Crippen LogP contribution in [0.3, 0.4) is 0 Å². The number of sulfone groups is 1. The number of H-pyrrole nitrogens is 1. The average molecular weight is 361 g/mol. The van der Waals surface area contributed by atoms with E-state index < -0.39 is 9.84 Å². The zero-order valence-electron chi connectivity index (χ0n) is 14.3. The molecule has 3 aromatic rings. The van der Waals surface area contributed by atoms with Gasteiger partial charge in [0.1, 0.15) is 17.2 Å². The number of methoxy groups -OCH3 is 1. The molecular formula is C16H19N5O3S. The van der Waals surface area contributed by atoms with E-state index in [1.807, 2.05) is 13.1 Å². The molecule has 9 heteroatoms. The number of aryl methyl sites for hydroxylation is 1. The highest BCUT2D eigenvalue weighted by Gasteiger charge is 2.14. The third-order valence-electron chi connectivity index (χ3n) is 3.81. The molecule has 0 radical (unpaired) electrons. The number of anilines is 3. The van der Waals surface area contributed by atoms with E-state index in [9.17, 15) is 8.42 Å². The molecule has 0 unspecified atom stereocenters. The Morgan fingerprint density at radius 2 is 2.00 bits per heavy atom. The lowest BCUT2D eigenvalue weighted by Crippen LogP contribution is -2.04. The van der Waals surface area contributed by atoms with Gasteiger partial charge >= 0.3 is 0 Å². The highest BCUT2D eigenvalue weighted by atomic mass is 32.2. The first-order chi connectivity index (χ1) is 11.8. The van der Waals surface area contributed by atoms with Gasteiger partial charge < -0.3 is 20.4 Å². The fourth-order valence-corrected chi connectivity index (χ4v) is 3.19. The topological polar surface area (TPSA) is 109 Å². The van der Waals surface area contributed by atoms with E-state index in [0.29, 0.717) is 28.9 Å². The molecule has 0 saturated carbocycles. The van der Waals surface area contributed by atoms with Crippen molar-refractivity contribution >= 4 is 38.3 Å². The van der Waals surface area contributed by atoms with Crippen molar-refractivity contribution in [1.29, 1.82) is 0 Å². The van der Waals surface area contributed by atoms with Crippen LogP contribution >= 0.6 is 0 Å². The molecule has 2 aromatic heterocycles. The summed E-state index contributed by atoms with van der Waals surface area (Å²) >= 11 is 0. The Balaban J connectivity index is 2.04. The maximum absolute atomic E-state index is 11.7. The highest BCUT2D eigenvalue weighted by molar-refractivity contribution is 7.90. The molecule has 0 saturated heterocycles. The first-order valence-corrected chi connectivity index (χ1v) is 9.41. The van der Waals surface area contributed by atoms with E-state index in [4.69, 9.17) is 4.74 Å².